The Balaban J connectivity index is 1.77. The lowest BCUT2D eigenvalue weighted by Crippen LogP contribution is -2.42. The molecule has 88 valence electrons. The van der Waals surface area contributed by atoms with Gasteiger partial charge in [0.15, 0.2) is 0 Å². The minimum atomic E-state index is 0.711. The Morgan fingerprint density at radius 1 is 1.44 bits per heavy atom. The van der Waals surface area contributed by atoms with Crippen molar-refractivity contribution in [1.29, 1.82) is 0 Å². The first-order valence-corrected chi connectivity index (χ1v) is 6.11. The molecule has 2 heterocycles. The molecule has 0 spiro atoms. The standard InChI is InChI=1S/C12H20N4/c1-2-13-11-5-8-16(9-6-11)10-12-4-3-7-14-15-12/h3-4,7,11,13H,2,5-6,8-10H2,1H3. The van der Waals surface area contributed by atoms with Gasteiger partial charge < -0.3 is 5.32 Å². The smallest absolute Gasteiger partial charge is 0.0771 e. The molecule has 1 aliphatic rings. The summed E-state index contributed by atoms with van der Waals surface area (Å²) in [6.07, 6.45) is 4.21. The first-order chi connectivity index (χ1) is 7.88. The largest absolute Gasteiger partial charge is 0.314 e. The molecule has 2 rings (SSSR count). The van der Waals surface area contributed by atoms with Gasteiger partial charge in [0.25, 0.3) is 0 Å². The molecule has 16 heavy (non-hydrogen) atoms. The predicted octanol–water partition coefficient (Wildman–Crippen LogP) is 1.05. The number of hydrogen-bond donors (Lipinski definition) is 1. The average Bonchev–Trinajstić information content (AvgIpc) is 2.33. The van der Waals surface area contributed by atoms with Gasteiger partial charge in [-0.25, -0.2) is 0 Å². The molecule has 0 amide bonds. The molecule has 0 unspecified atom stereocenters. The first-order valence-electron chi connectivity index (χ1n) is 6.11. The Kier molecular flexibility index (Phi) is 4.25. The summed E-state index contributed by atoms with van der Waals surface area (Å²) >= 11 is 0. The van der Waals surface area contributed by atoms with E-state index in [9.17, 15) is 0 Å². The average molecular weight is 220 g/mol. The number of nitrogens with one attached hydrogen (secondary N) is 1. The number of aromatic nitrogens is 2. The van der Waals surface area contributed by atoms with Gasteiger partial charge in [-0.05, 0) is 31.5 Å². The van der Waals surface area contributed by atoms with Crippen LogP contribution in [0.15, 0.2) is 18.3 Å². The molecule has 1 fully saturated rings. The van der Waals surface area contributed by atoms with E-state index in [1.54, 1.807) is 6.20 Å². The fraction of sp³-hybridized carbons (Fsp3) is 0.667. The minimum Gasteiger partial charge on any atom is -0.314 e. The van der Waals surface area contributed by atoms with Crippen LogP contribution in [0.4, 0.5) is 0 Å². The van der Waals surface area contributed by atoms with Crippen LogP contribution in [0.1, 0.15) is 25.5 Å². The van der Waals surface area contributed by atoms with Gasteiger partial charge in [0.2, 0.25) is 0 Å². The highest BCUT2D eigenvalue weighted by atomic mass is 15.2. The van der Waals surface area contributed by atoms with Gasteiger partial charge in [0.05, 0.1) is 5.69 Å². The summed E-state index contributed by atoms with van der Waals surface area (Å²) < 4.78 is 0. The lowest BCUT2D eigenvalue weighted by molar-refractivity contribution is 0.189. The summed E-state index contributed by atoms with van der Waals surface area (Å²) in [5.74, 6) is 0. The number of rotatable bonds is 4. The van der Waals surface area contributed by atoms with E-state index in [0.29, 0.717) is 6.04 Å². The molecule has 0 saturated carbocycles. The summed E-state index contributed by atoms with van der Waals surface area (Å²) in [6.45, 7) is 6.51. The molecule has 0 aliphatic carbocycles. The molecule has 1 aliphatic heterocycles. The van der Waals surface area contributed by atoms with Crippen molar-refractivity contribution in [3.05, 3.63) is 24.0 Å². The molecule has 1 saturated heterocycles. The molecular weight excluding hydrogens is 200 g/mol. The third-order valence-electron chi connectivity index (χ3n) is 3.09. The van der Waals surface area contributed by atoms with E-state index in [-0.39, 0.29) is 0 Å². The number of piperidine rings is 1. The summed E-state index contributed by atoms with van der Waals surface area (Å²) in [5, 5.41) is 11.5. The van der Waals surface area contributed by atoms with Crippen molar-refractivity contribution >= 4 is 0 Å². The Bertz CT molecular complexity index is 293. The number of nitrogens with zero attached hydrogens (tertiary/aromatic N) is 3. The van der Waals surface area contributed by atoms with Crippen LogP contribution in [0.25, 0.3) is 0 Å². The molecule has 1 N–H and O–H groups in total. The van der Waals surface area contributed by atoms with Crippen LogP contribution >= 0.6 is 0 Å². The predicted molar refractivity (Wildman–Crippen MR) is 64.0 cm³/mol. The lowest BCUT2D eigenvalue weighted by atomic mass is 10.0. The van der Waals surface area contributed by atoms with Crippen LogP contribution in [-0.2, 0) is 6.54 Å². The van der Waals surface area contributed by atoms with Crippen molar-refractivity contribution in [2.45, 2.75) is 32.4 Å². The van der Waals surface area contributed by atoms with Crippen molar-refractivity contribution in [2.75, 3.05) is 19.6 Å². The highest BCUT2D eigenvalue weighted by Gasteiger charge is 2.18. The van der Waals surface area contributed by atoms with Gasteiger partial charge in [-0.1, -0.05) is 6.92 Å². The van der Waals surface area contributed by atoms with Crippen LogP contribution in [0.5, 0.6) is 0 Å². The van der Waals surface area contributed by atoms with Gasteiger partial charge in [0.1, 0.15) is 0 Å². The number of hydrogen-bond acceptors (Lipinski definition) is 4. The van der Waals surface area contributed by atoms with Crippen molar-refractivity contribution in [1.82, 2.24) is 20.4 Å². The quantitative estimate of drug-likeness (QED) is 0.823. The van der Waals surface area contributed by atoms with E-state index in [4.69, 9.17) is 0 Å². The normalized spacial score (nSPS) is 18.8. The van der Waals surface area contributed by atoms with Crippen molar-refractivity contribution < 1.29 is 0 Å². The number of likely N-dealkylation sites (tertiary alicyclic amines) is 1. The topological polar surface area (TPSA) is 41.0 Å². The Morgan fingerprint density at radius 2 is 2.25 bits per heavy atom. The van der Waals surface area contributed by atoms with E-state index in [2.05, 4.69) is 27.3 Å². The maximum atomic E-state index is 4.12. The molecule has 1 aromatic rings. The van der Waals surface area contributed by atoms with E-state index >= 15 is 0 Å². The minimum absolute atomic E-state index is 0.711. The van der Waals surface area contributed by atoms with Crippen LogP contribution in [0, 0.1) is 0 Å². The van der Waals surface area contributed by atoms with Crippen LogP contribution < -0.4 is 5.32 Å². The summed E-state index contributed by atoms with van der Waals surface area (Å²) in [6, 6.07) is 4.71. The molecule has 0 bridgehead atoms. The molecule has 4 nitrogen and oxygen atoms in total. The Hall–Kier alpha value is -1.00. The van der Waals surface area contributed by atoms with Gasteiger partial charge in [-0.2, -0.15) is 10.2 Å². The highest BCUT2D eigenvalue weighted by Crippen LogP contribution is 2.12. The van der Waals surface area contributed by atoms with Gasteiger partial charge in [-0.15, -0.1) is 0 Å². The fourth-order valence-electron chi connectivity index (χ4n) is 2.23. The summed E-state index contributed by atoms with van der Waals surface area (Å²) in [7, 11) is 0. The fourth-order valence-corrected chi connectivity index (χ4v) is 2.23. The lowest BCUT2D eigenvalue weighted by Gasteiger charge is -2.31. The first kappa shape index (κ1) is 11.5. The SMILES string of the molecule is CCNC1CCN(Cc2cccnn2)CC1. The van der Waals surface area contributed by atoms with Crippen molar-refractivity contribution in [2.24, 2.45) is 0 Å². The molecule has 0 radical (unpaired) electrons. The van der Waals surface area contributed by atoms with Crippen LogP contribution in [0.2, 0.25) is 0 Å². The third kappa shape index (κ3) is 3.25. The summed E-state index contributed by atoms with van der Waals surface area (Å²) in [5.41, 5.74) is 1.07. The molecular formula is C12H20N4. The molecule has 0 aromatic carbocycles. The zero-order chi connectivity index (χ0) is 11.2. The second-order valence-corrected chi connectivity index (χ2v) is 4.32. The Labute approximate surface area is 97.1 Å². The van der Waals surface area contributed by atoms with E-state index in [1.165, 1.54) is 12.8 Å². The van der Waals surface area contributed by atoms with Crippen molar-refractivity contribution in [3.8, 4) is 0 Å². The van der Waals surface area contributed by atoms with Crippen molar-refractivity contribution in [3.63, 3.8) is 0 Å². The molecule has 4 heteroatoms. The molecule has 0 atom stereocenters. The van der Waals surface area contributed by atoms with Gasteiger partial charge >= 0.3 is 0 Å². The van der Waals surface area contributed by atoms with Gasteiger partial charge in [-0.3, -0.25) is 4.90 Å². The maximum absolute atomic E-state index is 4.12. The third-order valence-corrected chi connectivity index (χ3v) is 3.09. The zero-order valence-electron chi connectivity index (χ0n) is 9.89. The second-order valence-electron chi connectivity index (χ2n) is 4.32. The monoisotopic (exact) mass is 220 g/mol. The van der Waals surface area contributed by atoms with Gasteiger partial charge in [0, 0.05) is 31.9 Å². The van der Waals surface area contributed by atoms with Crippen LogP contribution in [-0.4, -0.2) is 40.8 Å². The highest BCUT2D eigenvalue weighted by molar-refractivity contribution is 4.99. The summed E-state index contributed by atoms with van der Waals surface area (Å²) in [4.78, 5) is 2.46. The van der Waals surface area contributed by atoms with E-state index in [1.807, 2.05) is 12.1 Å². The Morgan fingerprint density at radius 3 is 2.88 bits per heavy atom. The van der Waals surface area contributed by atoms with E-state index < -0.39 is 0 Å². The van der Waals surface area contributed by atoms with Crippen LogP contribution in [0.3, 0.4) is 0 Å². The second kappa shape index (κ2) is 5.92. The molecule has 1 aromatic heterocycles. The maximum Gasteiger partial charge on any atom is 0.0771 e. The zero-order valence-corrected chi connectivity index (χ0v) is 9.89. The van der Waals surface area contributed by atoms with E-state index in [0.717, 1.165) is 31.9 Å².